The first kappa shape index (κ1) is 8.71. The molecule has 0 bridgehead atoms. The van der Waals surface area contributed by atoms with E-state index in [0.29, 0.717) is 0 Å². The molecule has 4 heteroatoms. The third-order valence-corrected chi connectivity index (χ3v) is 2.94. The van der Waals surface area contributed by atoms with E-state index >= 15 is 0 Å². The van der Waals surface area contributed by atoms with Gasteiger partial charge in [-0.1, -0.05) is 0 Å². The molecule has 15 heavy (non-hydrogen) atoms. The Labute approximate surface area is 88.3 Å². The summed E-state index contributed by atoms with van der Waals surface area (Å²) in [5, 5.41) is 0. The van der Waals surface area contributed by atoms with E-state index in [2.05, 4.69) is 32.8 Å². The van der Waals surface area contributed by atoms with Gasteiger partial charge in [0.1, 0.15) is 11.8 Å². The molecular weight excluding hydrogens is 188 g/mol. The lowest BCUT2D eigenvalue weighted by Crippen LogP contribution is -2.19. The number of anilines is 1. The van der Waals surface area contributed by atoms with Crippen LogP contribution in [0.25, 0.3) is 11.0 Å². The molecule has 1 aliphatic heterocycles. The molecule has 2 aromatic rings. The first-order valence-electron chi connectivity index (χ1n) is 5.40. The minimum atomic E-state index is 1.02. The summed E-state index contributed by atoms with van der Waals surface area (Å²) in [4.78, 5) is 14.3. The van der Waals surface area contributed by atoms with E-state index < -0.39 is 0 Å². The maximum atomic E-state index is 4.39. The zero-order valence-corrected chi connectivity index (χ0v) is 8.82. The molecule has 0 saturated carbocycles. The van der Waals surface area contributed by atoms with Crippen LogP contribution in [0.4, 0.5) is 5.82 Å². The number of nitrogens with zero attached hydrogens (tertiary/aromatic N) is 3. The highest BCUT2D eigenvalue weighted by atomic mass is 15.2. The smallest absolute Gasteiger partial charge is 0.156 e. The Balaban J connectivity index is 2.16. The number of nitrogens with one attached hydrogen (secondary N) is 1. The Morgan fingerprint density at radius 1 is 1.27 bits per heavy atom. The van der Waals surface area contributed by atoms with Crippen molar-refractivity contribution < 1.29 is 0 Å². The van der Waals surface area contributed by atoms with Gasteiger partial charge in [-0.15, -0.1) is 0 Å². The molecule has 0 atom stereocenters. The van der Waals surface area contributed by atoms with Crippen molar-refractivity contribution in [3.8, 4) is 0 Å². The number of aromatic amines is 1. The molecule has 3 rings (SSSR count). The molecule has 1 aliphatic rings. The lowest BCUT2D eigenvalue weighted by molar-refractivity contribution is 0.936. The zero-order chi connectivity index (χ0) is 10.3. The van der Waals surface area contributed by atoms with Crippen LogP contribution in [0.2, 0.25) is 0 Å². The van der Waals surface area contributed by atoms with Crippen LogP contribution >= 0.6 is 0 Å². The van der Waals surface area contributed by atoms with Gasteiger partial charge in [0.05, 0.1) is 5.52 Å². The number of rotatable bonds is 1. The van der Waals surface area contributed by atoms with E-state index in [1.165, 1.54) is 12.8 Å². The fourth-order valence-electron chi connectivity index (χ4n) is 2.23. The Bertz CT molecular complexity index is 482. The van der Waals surface area contributed by atoms with Crippen molar-refractivity contribution in [2.45, 2.75) is 19.8 Å². The van der Waals surface area contributed by atoms with Crippen LogP contribution < -0.4 is 4.90 Å². The van der Waals surface area contributed by atoms with Crippen LogP contribution in [0.15, 0.2) is 12.4 Å². The molecule has 0 spiro atoms. The van der Waals surface area contributed by atoms with Crippen molar-refractivity contribution in [3.63, 3.8) is 0 Å². The van der Waals surface area contributed by atoms with Gasteiger partial charge < -0.3 is 9.88 Å². The predicted molar refractivity (Wildman–Crippen MR) is 60.1 cm³/mol. The van der Waals surface area contributed by atoms with Gasteiger partial charge >= 0.3 is 0 Å². The monoisotopic (exact) mass is 202 g/mol. The number of fused-ring (bicyclic) bond motifs is 1. The van der Waals surface area contributed by atoms with E-state index in [0.717, 1.165) is 35.6 Å². The fourth-order valence-corrected chi connectivity index (χ4v) is 2.23. The first-order valence-corrected chi connectivity index (χ1v) is 5.40. The summed E-state index contributed by atoms with van der Waals surface area (Å²) in [5.41, 5.74) is 3.24. The number of aromatic nitrogens is 3. The van der Waals surface area contributed by atoms with E-state index in [1.807, 2.05) is 0 Å². The van der Waals surface area contributed by atoms with Crippen molar-refractivity contribution in [1.29, 1.82) is 0 Å². The van der Waals surface area contributed by atoms with Crippen molar-refractivity contribution in [3.05, 3.63) is 18.1 Å². The summed E-state index contributed by atoms with van der Waals surface area (Å²) in [6.07, 6.45) is 4.19. The average Bonchev–Trinajstić information content (AvgIpc) is 2.82. The number of H-pyrrole nitrogens is 1. The van der Waals surface area contributed by atoms with Crippen LogP contribution in [-0.4, -0.2) is 28.0 Å². The number of aryl methyl sites for hydroxylation is 1. The molecule has 1 saturated heterocycles. The van der Waals surface area contributed by atoms with Gasteiger partial charge in [0, 0.05) is 18.8 Å². The van der Waals surface area contributed by atoms with Crippen molar-refractivity contribution in [2.75, 3.05) is 18.0 Å². The van der Waals surface area contributed by atoms with Gasteiger partial charge in [0.15, 0.2) is 5.82 Å². The predicted octanol–water partition coefficient (Wildman–Crippen LogP) is 1.87. The molecule has 0 radical (unpaired) electrons. The quantitative estimate of drug-likeness (QED) is 0.767. The molecular formula is C11H14N4. The van der Waals surface area contributed by atoms with Crippen molar-refractivity contribution >= 4 is 16.9 Å². The summed E-state index contributed by atoms with van der Waals surface area (Å²) >= 11 is 0. The van der Waals surface area contributed by atoms with Crippen LogP contribution in [0, 0.1) is 6.92 Å². The highest BCUT2D eigenvalue weighted by Gasteiger charge is 2.17. The second-order valence-electron chi connectivity index (χ2n) is 4.10. The second-order valence-corrected chi connectivity index (χ2v) is 4.10. The van der Waals surface area contributed by atoms with Gasteiger partial charge in [-0.25, -0.2) is 9.97 Å². The fraction of sp³-hybridized carbons (Fsp3) is 0.455. The molecule has 0 unspecified atom stereocenters. The highest BCUT2D eigenvalue weighted by Crippen LogP contribution is 2.25. The summed E-state index contributed by atoms with van der Waals surface area (Å²) in [6.45, 7) is 4.28. The van der Waals surface area contributed by atoms with Gasteiger partial charge in [-0.05, 0) is 25.8 Å². The van der Waals surface area contributed by atoms with Gasteiger partial charge in [0.2, 0.25) is 0 Å². The lowest BCUT2D eigenvalue weighted by Gasteiger charge is -2.16. The maximum absolute atomic E-state index is 4.39. The Morgan fingerprint density at radius 3 is 2.87 bits per heavy atom. The molecule has 1 fully saturated rings. The van der Waals surface area contributed by atoms with Crippen LogP contribution in [0.1, 0.15) is 18.5 Å². The molecule has 0 amide bonds. The summed E-state index contributed by atoms with van der Waals surface area (Å²) < 4.78 is 0. The number of hydrogen-bond donors (Lipinski definition) is 1. The standard InChI is InChI=1S/C11H14N4/c1-8-6-9-10(14-8)11(13-7-12-9)15-4-2-3-5-15/h6-7,14H,2-5H2,1H3. The largest absolute Gasteiger partial charge is 0.355 e. The highest BCUT2D eigenvalue weighted by molar-refractivity contribution is 5.86. The topological polar surface area (TPSA) is 44.8 Å². The summed E-state index contributed by atoms with van der Waals surface area (Å²) in [6, 6.07) is 2.07. The van der Waals surface area contributed by atoms with Crippen molar-refractivity contribution in [2.24, 2.45) is 0 Å². The maximum Gasteiger partial charge on any atom is 0.156 e. The molecule has 4 nitrogen and oxygen atoms in total. The molecule has 0 aliphatic carbocycles. The third kappa shape index (κ3) is 1.37. The SMILES string of the molecule is Cc1cc2ncnc(N3CCCC3)c2[nH]1. The van der Waals surface area contributed by atoms with Crippen LogP contribution in [0.5, 0.6) is 0 Å². The minimum Gasteiger partial charge on any atom is -0.355 e. The van der Waals surface area contributed by atoms with Crippen LogP contribution in [-0.2, 0) is 0 Å². The van der Waals surface area contributed by atoms with E-state index in [4.69, 9.17) is 0 Å². The second kappa shape index (κ2) is 3.22. The van der Waals surface area contributed by atoms with Gasteiger partial charge in [-0.2, -0.15) is 0 Å². The van der Waals surface area contributed by atoms with E-state index in [1.54, 1.807) is 6.33 Å². The van der Waals surface area contributed by atoms with E-state index in [-0.39, 0.29) is 0 Å². The molecule has 0 aromatic carbocycles. The Morgan fingerprint density at radius 2 is 2.07 bits per heavy atom. The Kier molecular flexibility index (Phi) is 1.87. The van der Waals surface area contributed by atoms with E-state index in [9.17, 15) is 0 Å². The summed E-state index contributed by atoms with van der Waals surface area (Å²) in [7, 11) is 0. The average molecular weight is 202 g/mol. The van der Waals surface area contributed by atoms with Crippen LogP contribution in [0.3, 0.4) is 0 Å². The molecule has 3 heterocycles. The van der Waals surface area contributed by atoms with Gasteiger partial charge in [0.25, 0.3) is 0 Å². The Hall–Kier alpha value is -1.58. The number of hydrogen-bond acceptors (Lipinski definition) is 3. The minimum absolute atomic E-state index is 1.02. The molecule has 1 N–H and O–H groups in total. The normalized spacial score (nSPS) is 16.5. The third-order valence-electron chi connectivity index (χ3n) is 2.94. The summed E-state index contributed by atoms with van der Waals surface area (Å²) in [5.74, 6) is 1.06. The first-order chi connectivity index (χ1) is 7.34. The molecule has 2 aromatic heterocycles. The molecule has 78 valence electrons. The van der Waals surface area contributed by atoms with Gasteiger partial charge in [-0.3, -0.25) is 0 Å². The lowest BCUT2D eigenvalue weighted by atomic mass is 10.4. The zero-order valence-electron chi connectivity index (χ0n) is 8.82. The van der Waals surface area contributed by atoms with Crippen molar-refractivity contribution in [1.82, 2.24) is 15.0 Å².